The van der Waals surface area contributed by atoms with Crippen molar-refractivity contribution in [1.82, 2.24) is 45.5 Å². The highest BCUT2D eigenvalue weighted by atomic mass is 32.1. The molecule has 14 rings (SSSR count). The van der Waals surface area contributed by atoms with Gasteiger partial charge in [0.05, 0.1) is 72.6 Å². The molecule has 0 saturated carbocycles. The molecule has 10 heterocycles. The van der Waals surface area contributed by atoms with Crippen molar-refractivity contribution in [3.8, 4) is 101 Å². The van der Waals surface area contributed by atoms with Gasteiger partial charge in [-0.2, -0.15) is 54.8 Å². The van der Waals surface area contributed by atoms with Crippen molar-refractivity contribution >= 4 is 45.2 Å². The lowest BCUT2D eigenvalue weighted by atomic mass is 9.99. The van der Waals surface area contributed by atoms with Gasteiger partial charge in [0.2, 0.25) is 0 Å². The summed E-state index contributed by atoms with van der Waals surface area (Å²) in [4.78, 5) is 30.1. The standard InChI is InChI=1S/C32H23F3N4O2.C32H39F3N4O2.C30H37F3N4S/c1-20-15-22(19-36-20)25-16-21(17-26(37-25)27-18-30(39-38-27)32(33,34)35)31-28(40-23-9-4-2-5-10-23)13-8-14-29(31)41-24-11-6-3-7-12-24;1-4-6-8-10-14-40-25-12-13-26(30(19-25)41-15-11-9-7-5-2)23-17-27(24-16-22(3)36-21-24)37-28(18-23)29-20-31(39-38-29)32(33,34)35;1-4-6-8-10-12-21-15-24(13-11-9-7-5-2)38-29(21)22-16-25(23-14-20(3)34-19-23)35-26(17-22)27-18-28(37-36-27)30(31,32)33/h2-18H,19H2,1H3,(H,38,39);12-13,16-20H,4-11,14-15,21H2,1-3H3,(H,38,39);14-18H,4-13,19H2,1-3H3,(H,36,37). The van der Waals surface area contributed by atoms with E-state index in [9.17, 15) is 39.5 Å². The number of allylic oxidation sites excluding steroid dienone is 3. The number of hydrogen-bond acceptors (Lipinski definition) is 14. The molecular formula is C94H99F9N12O4S. The summed E-state index contributed by atoms with van der Waals surface area (Å²) in [6.07, 6.45) is 12.7. The number of ether oxygens (including phenoxy) is 4. The average Bonchev–Trinajstić information content (AvgIpc) is 1.31. The Bertz CT molecular complexity index is 5400. The van der Waals surface area contributed by atoms with E-state index in [1.165, 1.54) is 73.1 Å². The molecule has 4 aromatic carbocycles. The largest absolute Gasteiger partial charge is 0.493 e. The average molecular weight is 1660 g/mol. The van der Waals surface area contributed by atoms with Gasteiger partial charge in [0.25, 0.3) is 0 Å². The van der Waals surface area contributed by atoms with Crippen molar-refractivity contribution in [2.24, 2.45) is 15.0 Å². The molecule has 3 aliphatic heterocycles. The molecule has 0 amide bonds. The summed E-state index contributed by atoms with van der Waals surface area (Å²) in [6.45, 7) is 17.1. The summed E-state index contributed by atoms with van der Waals surface area (Å²) in [7, 11) is 0. The lowest BCUT2D eigenvalue weighted by Crippen LogP contribution is -2.04. The molecule has 3 aliphatic rings. The van der Waals surface area contributed by atoms with Gasteiger partial charge in [0.15, 0.2) is 0 Å². The van der Waals surface area contributed by atoms with Crippen molar-refractivity contribution in [2.75, 3.05) is 32.8 Å². The number of benzene rings is 4. The van der Waals surface area contributed by atoms with Crippen LogP contribution >= 0.6 is 11.3 Å². The van der Waals surface area contributed by atoms with Crippen LogP contribution in [-0.2, 0) is 31.4 Å². The summed E-state index contributed by atoms with van der Waals surface area (Å²) in [5.41, 5.74) is 11.1. The van der Waals surface area contributed by atoms with Gasteiger partial charge in [-0.3, -0.25) is 30.3 Å². The SMILES string of the molecule is CC1=NCC(c2cc(-c3c(Oc4ccccc4)cccc3Oc3ccccc3)cc(-c3cc(C(F)(F)F)[nH]n3)n2)=C1.CCCCCCOc1ccc(-c2cc(C3=CC(C)=NC3)nc(-c3cc(C(F)(F)F)[nH]n3)c2)c(OCCCCCC)c1.CCCCCCc1cc(CCCCCC)c(-c2cc(C3=CC(C)=NC3)nc(-c3cc(C(F)(F)F)[nH]n3)c2)s1. The Morgan fingerprint density at radius 2 is 0.758 bits per heavy atom. The first kappa shape index (κ1) is 87.8. The molecular weight excluding hydrogens is 1560 g/mol. The number of nitrogens with one attached hydrogen (secondary N) is 3. The van der Waals surface area contributed by atoms with Crippen LogP contribution in [0.5, 0.6) is 34.5 Å². The third-order valence-electron chi connectivity index (χ3n) is 20.2. The van der Waals surface area contributed by atoms with Crippen molar-refractivity contribution in [3.63, 3.8) is 0 Å². The molecule has 0 aliphatic carbocycles. The van der Waals surface area contributed by atoms with Crippen LogP contribution in [0.1, 0.15) is 196 Å². The maximum absolute atomic E-state index is 13.4. The Balaban J connectivity index is 0.000000165. The minimum absolute atomic E-state index is 0.0589. The number of unbranched alkanes of at least 4 members (excludes halogenated alkanes) is 12. The minimum Gasteiger partial charge on any atom is -0.493 e. The van der Waals surface area contributed by atoms with E-state index in [4.69, 9.17) is 33.9 Å². The predicted octanol–water partition coefficient (Wildman–Crippen LogP) is 26.9. The van der Waals surface area contributed by atoms with Crippen LogP contribution in [-0.4, -0.2) is 95.5 Å². The molecule has 0 unspecified atom stereocenters. The maximum Gasteiger partial charge on any atom is 0.432 e. The van der Waals surface area contributed by atoms with Crippen molar-refractivity contribution in [3.05, 3.63) is 221 Å². The number of H-pyrrole nitrogens is 3. The molecule has 7 aromatic heterocycles. The second-order valence-electron chi connectivity index (χ2n) is 29.9. The summed E-state index contributed by atoms with van der Waals surface area (Å²) in [5, 5.41) is 18.2. The first-order chi connectivity index (χ1) is 57.9. The number of aliphatic imine (C=N–C) groups is 3. The van der Waals surface area contributed by atoms with Crippen LogP contribution in [0.2, 0.25) is 0 Å². The maximum atomic E-state index is 13.4. The van der Waals surface area contributed by atoms with E-state index in [1.807, 2.05) is 166 Å². The molecule has 0 bridgehead atoms. The van der Waals surface area contributed by atoms with Gasteiger partial charge < -0.3 is 18.9 Å². The lowest BCUT2D eigenvalue weighted by molar-refractivity contribution is -0.142. The Labute approximate surface area is 697 Å². The van der Waals surface area contributed by atoms with Gasteiger partial charge in [-0.15, -0.1) is 11.3 Å². The Morgan fingerprint density at radius 1 is 0.358 bits per heavy atom. The Kier molecular flexibility index (Phi) is 30.3. The molecule has 0 saturated heterocycles. The van der Waals surface area contributed by atoms with Gasteiger partial charge in [0.1, 0.15) is 68.7 Å². The van der Waals surface area contributed by atoms with E-state index in [0.29, 0.717) is 95.5 Å². The van der Waals surface area contributed by atoms with Gasteiger partial charge in [-0.05, 0) is 209 Å². The molecule has 3 N–H and O–H groups in total. The first-order valence-corrected chi connectivity index (χ1v) is 41.9. The monoisotopic (exact) mass is 1660 g/mol. The van der Waals surface area contributed by atoms with Crippen LogP contribution in [0.15, 0.2) is 191 Å². The number of hydrogen-bond donors (Lipinski definition) is 3. The molecule has 0 atom stereocenters. The quantitative estimate of drug-likeness (QED) is 0.0254. The van der Waals surface area contributed by atoms with Crippen LogP contribution in [0, 0.1) is 0 Å². The van der Waals surface area contributed by atoms with Crippen LogP contribution in [0.3, 0.4) is 0 Å². The van der Waals surface area contributed by atoms with E-state index >= 15 is 0 Å². The number of pyridine rings is 3. The number of alkyl halides is 9. The highest BCUT2D eigenvalue weighted by molar-refractivity contribution is 7.15. The number of aromatic nitrogens is 9. The van der Waals surface area contributed by atoms with E-state index in [0.717, 1.165) is 138 Å². The predicted molar refractivity (Wildman–Crippen MR) is 461 cm³/mol. The third kappa shape index (κ3) is 24.1. The van der Waals surface area contributed by atoms with E-state index < -0.39 is 35.6 Å². The molecule has 0 radical (unpaired) electrons. The van der Waals surface area contributed by atoms with Gasteiger partial charge in [-0.1, -0.05) is 147 Å². The number of aromatic amines is 3. The summed E-state index contributed by atoms with van der Waals surface area (Å²) < 4.78 is 145. The molecule has 26 heteroatoms. The number of aryl methyl sites for hydroxylation is 2. The fourth-order valence-electron chi connectivity index (χ4n) is 13.9. The van der Waals surface area contributed by atoms with E-state index in [1.54, 1.807) is 12.1 Å². The molecule has 16 nitrogen and oxygen atoms in total. The van der Waals surface area contributed by atoms with Crippen LogP contribution in [0.25, 0.3) is 83.6 Å². The first-order valence-electron chi connectivity index (χ1n) is 41.1. The minimum atomic E-state index is -4.57. The number of thiophene rings is 1. The zero-order chi connectivity index (χ0) is 84.8. The molecule has 0 spiro atoms. The number of nitrogens with zero attached hydrogens (tertiary/aromatic N) is 9. The highest BCUT2D eigenvalue weighted by Gasteiger charge is 2.36. The topological polar surface area (TPSA) is 199 Å². The summed E-state index contributed by atoms with van der Waals surface area (Å²) in [6, 6.07) is 46.4. The van der Waals surface area contributed by atoms with Crippen molar-refractivity contribution < 1.29 is 58.5 Å². The second-order valence-corrected chi connectivity index (χ2v) is 31.0. The normalized spacial score (nSPS) is 13.4. The molecule has 11 aromatic rings. The van der Waals surface area contributed by atoms with Crippen LogP contribution < -0.4 is 18.9 Å². The van der Waals surface area contributed by atoms with E-state index in [-0.39, 0.29) is 22.8 Å². The Morgan fingerprint density at radius 3 is 1.18 bits per heavy atom. The molecule has 0 fully saturated rings. The third-order valence-corrected chi connectivity index (χ3v) is 21.5. The zero-order valence-electron chi connectivity index (χ0n) is 68.5. The van der Waals surface area contributed by atoms with Crippen LogP contribution in [0.4, 0.5) is 39.5 Å². The van der Waals surface area contributed by atoms with Crippen molar-refractivity contribution in [2.45, 2.75) is 183 Å². The number of halogens is 9. The van der Waals surface area contributed by atoms with Gasteiger partial charge in [-0.25, -0.2) is 15.0 Å². The zero-order valence-corrected chi connectivity index (χ0v) is 69.3. The highest BCUT2D eigenvalue weighted by Crippen LogP contribution is 2.46. The van der Waals surface area contributed by atoms with Crippen molar-refractivity contribution in [1.29, 1.82) is 0 Å². The fraction of sp³-hybridized carbons (Fsp3) is 0.351. The van der Waals surface area contributed by atoms with Gasteiger partial charge >= 0.3 is 18.5 Å². The second kappa shape index (κ2) is 41.4. The molecule has 628 valence electrons. The number of rotatable bonds is 35. The molecule has 120 heavy (non-hydrogen) atoms. The lowest BCUT2D eigenvalue weighted by Gasteiger charge is -2.18. The Hall–Kier alpha value is -11.5. The van der Waals surface area contributed by atoms with Gasteiger partial charge in [0, 0.05) is 55.2 Å². The number of para-hydroxylation sites is 2. The smallest absolute Gasteiger partial charge is 0.432 e. The fourth-order valence-corrected chi connectivity index (χ4v) is 15.2. The summed E-state index contributed by atoms with van der Waals surface area (Å²) >= 11 is 1.82. The van der Waals surface area contributed by atoms with E-state index in [2.05, 4.69) is 85.4 Å². The summed E-state index contributed by atoms with van der Waals surface area (Å²) in [5.74, 6) is 3.63.